The fourth-order valence-corrected chi connectivity index (χ4v) is 3.68. The lowest BCUT2D eigenvalue weighted by molar-refractivity contribution is 0.415. The Hall–Kier alpha value is -2.26. The Balaban J connectivity index is 1.86. The first kappa shape index (κ1) is 14.3. The van der Waals surface area contributed by atoms with Gasteiger partial charge in [-0.1, -0.05) is 18.2 Å². The number of aromatic amines is 1. The highest BCUT2D eigenvalue weighted by molar-refractivity contribution is 5.91. The maximum atomic E-state index is 5.29. The van der Waals surface area contributed by atoms with Crippen molar-refractivity contribution in [3.8, 4) is 17.0 Å². The van der Waals surface area contributed by atoms with Crippen LogP contribution >= 0.6 is 0 Å². The highest BCUT2D eigenvalue weighted by Gasteiger charge is 2.23. The Labute approximate surface area is 136 Å². The van der Waals surface area contributed by atoms with Crippen LogP contribution in [0.4, 0.5) is 0 Å². The van der Waals surface area contributed by atoms with E-state index < -0.39 is 0 Å². The average molecular weight is 306 g/mol. The Bertz CT molecular complexity index is 798. The van der Waals surface area contributed by atoms with Gasteiger partial charge in [-0.15, -0.1) is 0 Å². The first-order chi connectivity index (χ1) is 11.4. The van der Waals surface area contributed by atoms with Gasteiger partial charge >= 0.3 is 0 Å². The number of hydrogen-bond acceptors (Lipinski definition) is 2. The zero-order valence-electron chi connectivity index (χ0n) is 13.4. The summed E-state index contributed by atoms with van der Waals surface area (Å²) in [6.07, 6.45) is 2.40. The lowest BCUT2D eigenvalue weighted by Crippen LogP contribution is -2.26. The third kappa shape index (κ3) is 2.62. The summed E-state index contributed by atoms with van der Waals surface area (Å²) >= 11 is 0. The largest absolute Gasteiger partial charge is 0.497 e. The molecule has 118 valence electrons. The summed E-state index contributed by atoms with van der Waals surface area (Å²) in [5.74, 6) is 1.51. The van der Waals surface area contributed by atoms with E-state index in [-0.39, 0.29) is 0 Å². The van der Waals surface area contributed by atoms with Crippen LogP contribution in [0.5, 0.6) is 5.75 Å². The predicted octanol–water partition coefficient (Wildman–Crippen LogP) is 4.31. The van der Waals surface area contributed by atoms with E-state index in [1.165, 1.54) is 40.6 Å². The molecule has 2 aromatic carbocycles. The van der Waals surface area contributed by atoms with Gasteiger partial charge in [0, 0.05) is 16.6 Å². The summed E-state index contributed by atoms with van der Waals surface area (Å²) in [5.41, 5.74) is 5.20. The summed E-state index contributed by atoms with van der Waals surface area (Å²) in [7, 11) is 1.71. The normalized spacial score (nSPS) is 15.9. The molecule has 1 aliphatic heterocycles. The topological polar surface area (TPSA) is 37.0 Å². The molecule has 1 fully saturated rings. The van der Waals surface area contributed by atoms with E-state index in [0.717, 1.165) is 18.8 Å². The minimum absolute atomic E-state index is 0.615. The molecule has 23 heavy (non-hydrogen) atoms. The molecule has 3 heteroatoms. The first-order valence-corrected chi connectivity index (χ1v) is 8.32. The predicted molar refractivity (Wildman–Crippen MR) is 95.1 cm³/mol. The number of hydrogen-bond donors (Lipinski definition) is 2. The molecule has 2 N–H and O–H groups in total. The number of H-pyrrole nitrogens is 1. The molecule has 0 amide bonds. The van der Waals surface area contributed by atoms with Crippen LogP contribution < -0.4 is 10.1 Å². The van der Waals surface area contributed by atoms with E-state index in [1.807, 2.05) is 12.1 Å². The molecule has 1 saturated heterocycles. The Morgan fingerprint density at radius 1 is 0.957 bits per heavy atom. The molecule has 3 aromatic rings. The SMILES string of the molecule is COc1ccc(-c2[nH]c3ccccc3c2C2CCNCC2)cc1. The second kappa shape index (κ2) is 6.09. The molecule has 0 atom stereocenters. The molecule has 4 rings (SSSR count). The van der Waals surface area contributed by atoms with Crippen molar-refractivity contribution in [1.82, 2.24) is 10.3 Å². The highest BCUT2D eigenvalue weighted by Crippen LogP contribution is 2.39. The molecule has 0 aliphatic carbocycles. The van der Waals surface area contributed by atoms with E-state index in [4.69, 9.17) is 4.74 Å². The van der Waals surface area contributed by atoms with Gasteiger partial charge < -0.3 is 15.0 Å². The molecule has 0 bridgehead atoms. The standard InChI is InChI=1S/C20H22N2O/c1-23-16-8-6-15(7-9-16)20-19(14-10-12-21-13-11-14)17-4-2-3-5-18(17)22-20/h2-9,14,21-22H,10-13H2,1H3. The molecule has 0 radical (unpaired) electrons. The van der Waals surface area contributed by atoms with E-state index in [0.29, 0.717) is 5.92 Å². The van der Waals surface area contributed by atoms with Gasteiger partial charge in [-0.05, 0) is 73.3 Å². The van der Waals surface area contributed by atoms with Crippen LogP contribution in [0.25, 0.3) is 22.2 Å². The van der Waals surface area contributed by atoms with Crippen molar-refractivity contribution in [3.63, 3.8) is 0 Å². The Kier molecular flexibility index (Phi) is 3.80. The van der Waals surface area contributed by atoms with Gasteiger partial charge in [0.2, 0.25) is 0 Å². The van der Waals surface area contributed by atoms with Gasteiger partial charge in [0.15, 0.2) is 0 Å². The number of methoxy groups -OCH3 is 1. The molecule has 3 nitrogen and oxygen atoms in total. The number of fused-ring (bicyclic) bond motifs is 1. The number of nitrogens with one attached hydrogen (secondary N) is 2. The van der Waals surface area contributed by atoms with Crippen molar-refractivity contribution < 1.29 is 4.74 Å². The quantitative estimate of drug-likeness (QED) is 0.756. The van der Waals surface area contributed by atoms with E-state index in [1.54, 1.807) is 7.11 Å². The molecule has 1 aromatic heterocycles. The second-order valence-electron chi connectivity index (χ2n) is 6.21. The highest BCUT2D eigenvalue weighted by atomic mass is 16.5. The Morgan fingerprint density at radius 3 is 2.43 bits per heavy atom. The van der Waals surface area contributed by atoms with Gasteiger partial charge in [0.1, 0.15) is 5.75 Å². The third-order valence-electron chi connectivity index (χ3n) is 4.87. The molecule has 1 aliphatic rings. The number of piperidine rings is 1. The van der Waals surface area contributed by atoms with Gasteiger partial charge in [-0.3, -0.25) is 0 Å². The van der Waals surface area contributed by atoms with Crippen molar-refractivity contribution in [2.45, 2.75) is 18.8 Å². The van der Waals surface area contributed by atoms with Crippen LogP contribution in [0, 0.1) is 0 Å². The fourth-order valence-electron chi connectivity index (χ4n) is 3.68. The van der Waals surface area contributed by atoms with Crippen LogP contribution in [-0.4, -0.2) is 25.2 Å². The van der Waals surface area contributed by atoms with E-state index in [2.05, 4.69) is 46.7 Å². The first-order valence-electron chi connectivity index (χ1n) is 8.32. The summed E-state index contributed by atoms with van der Waals surface area (Å²) < 4.78 is 5.29. The summed E-state index contributed by atoms with van der Waals surface area (Å²) in [6.45, 7) is 2.21. The maximum Gasteiger partial charge on any atom is 0.118 e. The van der Waals surface area contributed by atoms with E-state index in [9.17, 15) is 0 Å². The van der Waals surface area contributed by atoms with Gasteiger partial charge in [-0.2, -0.15) is 0 Å². The molecule has 0 unspecified atom stereocenters. The number of rotatable bonds is 3. The second-order valence-corrected chi connectivity index (χ2v) is 6.21. The molecule has 0 spiro atoms. The minimum atomic E-state index is 0.615. The van der Waals surface area contributed by atoms with Crippen LogP contribution in [0.1, 0.15) is 24.3 Å². The van der Waals surface area contributed by atoms with Crippen molar-refractivity contribution in [2.24, 2.45) is 0 Å². The number of para-hydroxylation sites is 1. The maximum absolute atomic E-state index is 5.29. The Morgan fingerprint density at radius 2 is 1.70 bits per heavy atom. The summed E-state index contributed by atoms with van der Waals surface area (Å²) in [6, 6.07) is 17.0. The zero-order valence-corrected chi connectivity index (χ0v) is 13.4. The van der Waals surface area contributed by atoms with Crippen LogP contribution in [-0.2, 0) is 0 Å². The monoisotopic (exact) mass is 306 g/mol. The van der Waals surface area contributed by atoms with Crippen LogP contribution in [0.15, 0.2) is 48.5 Å². The fraction of sp³-hybridized carbons (Fsp3) is 0.300. The van der Waals surface area contributed by atoms with Gasteiger partial charge in [0.05, 0.1) is 7.11 Å². The van der Waals surface area contributed by atoms with Crippen LogP contribution in [0.3, 0.4) is 0 Å². The van der Waals surface area contributed by atoms with Crippen molar-refractivity contribution in [2.75, 3.05) is 20.2 Å². The average Bonchev–Trinajstić information content (AvgIpc) is 3.02. The number of benzene rings is 2. The summed E-state index contributed by atoms with van der Waals surface area (Å²) in [5, 5.41) is 4.84. The summed E-state index contributed by atoms with van der Waals surface area (Å²) in [4.78, 5) is 3.65. The van der Waals surface area contributed by atoms with Crippen molar-refractivity contribution >= 4 is 10.9 Å². The number of ether oxygens (including phenoxy) is 1. The van der Waals surface area contributed by atoms with Crippen molar-refractivity contribution in [3.05, 3.63) is 54.1 Å². The smallest absolute Gasteiger partial charge is 0.118 e. The van der Waals surface area contributed by atoms with Gasteiger partial charge in [-0.25, -0.2) is 0 Å². The molecule has 0 saturated carbocycles. The number of aromatic nitrogens is 1. The molecular weight excluding hydrogens is 284 g/mol. The lowest BCUT2D eigenvalue weighted by Gasteiger charge is -2.24. The lowest BCUT2D eigenvalue weighted by atomic mass is 9.86. The van der Waals surface area contributed by atoms with Crippen LogP contribution in [0.2, 0.25) is 0 Å². The van der Waals surface area contributed by atoms with Crippen molar-refractivity contribution in [1.29, 1.82) is 0 Å². The molecular formula is C20H22N2O. The minimum Gasteiger partial charge on any atom is -0.497 e. The van der Waals surface area contributed by atoms with Gasteiger partial charge in [0.25, 0.3) is 0 Å². The third-order valence-corrected chi connectivity index (χ3v) is 4.87. The van der Waals surface area contributed by atoms with E-state index >= 15 is 0 Å². The molecule has 2 heterocycles. The zero-order chi connectivity index (χ0) is 15.6.